The summed E-state index contributed by atoms with van der Waals surface area (Å²) >= 11 is 0. The zero-order valence-electron chi connectivity index (χ0n) is 13.6. The van der Waals surface area contributed by atoms with Gasteiger partial charge < -0.3 is 19.8 Å². The molecule has 0 saturated carbocycles. The second-order valence-electron chi connectivity index (χ2n) is 5.88. The Morgan fingerprint density at radius 1 is 1.21 bits per heavy atom. The van der Waals surface area contributed by atoms with Gasteiger partial charge in [0.05, 0.1) is 12.1 Å². The average molecular weight is 336 g/mol. The van der Waals surface area contributed by atoms with Gasteiger partial charge >= 0.3 is 0 Å². The normalized spacial score (nSPS) is 23.5. The molecule has 2 heterocycles. The molecule has 1 aromatic rings. The van der Waals surface area contributed by atoms with E-state index >= 15 is 0 Å². The number of β-amino-alcohol motifs (C(OH)–C–C–N with tert-alkyl or cyclic N) is 1. The van der Waals surface area contributed by atoms with Crippen LogP contribution in [0.3, 0.4) is 0 Å². The lowest BCUT2D eigenvalue weighted by atomic mass is 10.2. The van der Waals surface area contributed by atoms with E-state index in [0.29, 0.717) is 18.8 Å². The molecule has 1 aromatic carbocycles. The van der Waals surface area contributed by atoms with Gasteiger partial charge in [-0.15, -0.1) is 0 Å². The third-order valence-corrected chi connectivity index (χ3v) is 4.33. The van der Waals surface area contributed by atoms with Crippen molar-refractivity contribution in [2.75, 3.05) is 32.8 Å². The zero-order valence-corrected chi connectivity index (χ0v) is 13.6. The van der Waals surface area contributed by atoms with Crippen LogP contribution in [0.2, 0.25) is 0 Å². The molecular weight excluding hydrogens is 312 g/mol. The summed E-state index contributed by atoms with van der Waals surface area (Å²) in [5, 5.41) is 17.1. The van der Waals surface area contributed by atoms with Crippen LogP contribution in [0.1, 0.15) is 12.8 Å². The standard InChI is InChI=1S/C16H22N2O3.CH2O2/c19-15-11-18(10-14(15)17-8-4-5-9-17)16(20)12-21-13-6-2-1-3-7-13;2-1-3/h1-3,6-7,14-15,19H,4-5,8-12H2;1H,(H,2,3)/t14-,15-;/m1./s1. The Kier molecular flexibility index (Phi) is 7.02. The molecule has 0 aliphatic carbocycles. The SMILES string of the molecule is O=C(COc1ccccc1)N1C[C@@H](O)[C@H](N2CCCC2)C1.O=CO. The summed E-state index contributed by atoms with van der Waals surface area (Å²) < 4.78 is 5.49. The summed E-state index contributed by atoms with van der Waals surface area (Å²) in [6.07, 6.45) is 1.94. The number of carboxylic acid groups (broad SMARTS) is 1. The van der Waals surface area contributed by atoms with E-state index in [1.807, 2.05) is 30.3 Å². The van der Waals surface area contributed by atoms with Crippen LogP contribution in [0.5, 0.6) is 5.75 Å². The number of para-hydroxylation sites is 1. The van der Waals surface area contributed by atoms with Crippen LogP contribution in [-0.2, 0) is 9.59 Å². The Morgan fingerprint density at radius 3 is 2.46 bits per heavy atom. The average Bonchev–Trinajstić information content (AvgIpc) is 3.23. The molecule has 0 bridgehead atoms. The number of nitrogens with zero attached hydrogens (tertiary/aromatic N) is 2. The van der Waals surface area contributed by atoms with Crippen LogP contribution in [0.25, 0.3) is 0 Å². The fraction of sp³-hybridized carbons (Fsp3) is 0.529. The third-order valence-electron chi connectivity index (χ3n) is 4.33. The predicted octanol–water partition coefficient (Wildman–Crippen LogP) is 0.434. The summed E-state index contributed by atoms with van der Waals surface area (Å²) in [6, 6.07) is 9.42. The van der Waals surface area contributed by atoms with Crippen LogP contribution in [-0.4, -0.2) is 77.3 Å². The summed E-state index contributed by atoms with van der Waals surface area (Å²) in [5.74, 6) is 0.640. The number of carbonyl (C=O) groups is 2. The van der Waals surface area contributed by atoms with Crippen LogP contribution < -0.4 is 4.74 Å². The van der Waals surface area contributed by atoms with Crippen molar-refractivity contribution in [1.29, 1.82) is 0 Å². The molecule has 0 unspecified atom stereocenters. The van der Waals surface area contributed by atoms with E-state index in [4.69, 9.17) is 14.6 Å². The number of ether oxygens (including phenoxy) is 1. The Labute approximate surface area is 141 Å². The highest BCUT2D eigenvalue weighted by molar-refractivity contribution is 5.78. The Bertz CT molecular complexity index is 519. The zero-order chi connectivity index (χ0) is 17.4. The first-order chi connectivity index (χ1) is 11.7. The van der Waals surface area contributed by atoms with Gasteiger partial charge in [0.1, 0.15) is 5.75 Å². The van der Waals surface area contributed by atoms with Crippen LogP contribution >= 0.6 is 0 Å². The number of aliphatic hydroxyl groups excluding tert-OH is 1. The minimum absolute atomic E-state index is 0.0312. The number of benzene rings is 1. The van der Waals surface area contributed by atoms with Gasteiger partial charge in [-0.25, -0.2) is 0 Å². The summed E-state index contributed by atoms with van der Waals surface area (Å²) in [7, 11) is 0. The predicted molar refractivity (Wildman–Crippen MR) is 87.8 cm³/mol. The van der Waals surface area contributed by atoms with Crippen molar-refractivity contribution in [1.82, 2.24) is 9.80 Å². The lowest BCUT2D eigenvalue weighted by molar-refractivity contribution is -0.132. The van der Waals surface area contributed by atoms with E-state index in [0.717, 1.165) is 13.1 Å². The van der Waals surface area contributed by atoms with Crippen molar-refractivity contribution in [2.45, 2.75) is 25.0 Å². The topological polar surface area (TPSA) is 90.3 Å². The van der Waals surface area contributed by atoms with Gasteiger partial charge in [-0.1, -0.05) is 18.2 Å². The molecule has 7 heteroatoms. The monoisotopic (exact) mass is 336 g/mol. The second-order valence-corrected chi connectivity index (χ2v) is 5.88. The number of likely N-dealkylation sites (tertiary alicyclic amines) is 2. The molecule has 0 spiro atoms. The number of carbonyl (C=O) groups excluding carboxylic acids is 1. The van der Waals surface area contributed by atoms with Crippen LogP contribution in [0.15, 0.2) is 30.3 Å². The highest BCUT2D eigenvalue weighted by Crippen LogP contribution is 2.21. The molecule has 1 amide bonds. The number of amides is 1. The Balaban J connectivity index is 0.000000647. The molecule has 24 heavy (non-hydrogen) atoms. The number of aliphatic hydroxyl groups is 1. The van der Waals surface area contributed by atoms with E-state index in [1.165, 1.54) is 12.8 Å². The van der Waals surface area contributed by atoms with E-state index in [2.05, 4.69) is 4.90 Å². The summed E-state index contributed by atoms with van der Waals surface area (Å²) in [5.41, 5.74) is 0. The van der Waals surface area contributed by atoms with Gasteiger partial charge in [-0.05, 0) is 38.1 Å². The van der Waals surface area contributed by atoms with Crippen molar-refractivity contribution in [3.8, 4) is 5.75 Å². The van der Waals surface area contributed by atoms with E-state index < -0.39 is 6.10 Å². The van der Waals surface area contributed by atoms with Gasteiger partial charge in [0, 0.05) is 13.1 Å². The lowest BCUT2D eigenvalue weighted by Gasteiger charge is -2.25. The van der Waals surface area contributed by atoms with E-state index in [-0.39, 0.29) is 25.0 Å². The van der Waals surface area contributed by atoms with Gasteiger partial charge in [0.2, 0.25) is 0 Å². The maximum Gasteiger partial charge on any atom is 0.290 e. The summed E-state index contributed by atoms with van der Waals surface area (Å²) in [6.45, 7) is 2.87. The smallest absolute Gasteiger partial charge is 0.290 e. The molecule has 0 aromatic heterocycles. The van der Waals surface area contributed by atoms with Crippen molar-refractivity contribution in [3.05, 3.63) is 30.3 Å². The van der Waals surface area contributed by atoms with Gasteiger partial charge in [0.15, 0.2) is 6.61 Å². The number of rotatable bonds is 4. The second kappa shape index (κ2) is 9.24. The molecule has 2 aliphatic rings. The molecule has 0 radical (unpaired) electrons. The Morgan fingerprint density at radius 2 is 1.83 bits per heavy atom. The van der Waals surface area contributed by atoms with Gasteiger partial charge in [-0.2, -0.15) is 0 Å². The first-order valence-corrected chi connectivity index (χ1v) is 8.11. The van der Waals surface area contributed by atoms with Crippen LogP contribution in [0.4, 0.5) is 0 Å². The molecule has 132 valence electrons. The van der Waals surface area contributed by atoms with Crippen LogP contribution in [0, 0.1) is 0 Å². The van der Waals surface area contributed by atoms with Gasteiger partial charge in [-0.3, -0.25) is 14.5 Å². The molecule has 3 rings (SSSR count). The van der Waals surface area contributed by atoms with E-state index in [1.54, 1.807) is 4.90 Å². The Hall–Kier alpha value is -2.12. The minimum Gasteiger partial charge on any atom is -0.484 e. The van der Waals surface area contributed by atoms with Crippen molar-refractivity contribution >= 4 is 12.4 Å². The van der Waals surface area contributed by atoms with Gasteiger partial charge in [0.25, 0.3) is 12.4 Å². The third kappa shape index (κ3) is 4.94. The molecule has 2 saturated heterocycles. The highest BCUT2D eigenvalue weighted by atomic mass is 16.5. The maximum absolute atomic E-state index is 12.2. The fourth-order valence-corrected chi connectivity index (χ4v) is 3.16. The lowest BCUT2D eigenvalue weighted by Crippen LogP contribution is -2.41. The largest absolute Gasteiger partial charge is 0.484 e. The summed E-state index contributed by atoms with van der Waals surface area (Å²) in [4.78, 5) is 24.6. The molecular formula is C17H24N2O5. The molecule has 2 fully saturated rings. The van der Waals surface area contributed by atoms with Crippen molar-refractivity contribution in [3.63, 3.8) is 0 Å². The first kappa shape index (κ1) is 18.2. The minimum atomic E-state index is -0.441. The van der Waals surface area contributed by atoms with Crippen molar-refractivity contribution in [2.24, 2.45) is 0 Å². The van der Waals surface area contributed by atoms with Crippen molar-refractivity contribution < 1.29 is 24.5 Å². The van der Waals surface area contributed by atoms with E-state index in [9.17, 15) is 9.90 Å². The molecule has 2 aliphatic heterocycles. The maximum atomic E-state index is 12.2. The quantitative estimate of drug-likeness (QED) is 0.775. The highest BCUT2D eigenvalue weighted by Gasteiger charge is 2.38. The number of hydrogen-bond acceptors (Lipinski definition) is 5. The molecule has 2 atom stereocenters. The fourth-order valence-electron chi connectivity index (χ4n) is 3.16. The molecule has 7 nitrogen and oxygen atoms in total. The first-order valence-electron chi connectivity index (χ1n) is 8.11. The number of hydrogen-bond donors (Lipinski definition) is 2. The molecule has 2 N–H and O–H groups in total.